The fourth-order valence-corrected chi connectivity index (χ4v) is 2.92. The summed E-state index contributed by atoms with van der Waals surface area (Å²) in [7, 11) is 0. The van der Waals surface area contributed by atoms with E-state index in [0.29, 0.717) is 4.90 Å². The minimum atomic E-state index is -2.60. The summed E-state index contributed by atoms with van der Waals surface area (Å²) in [5, 5.41) is 0. The third kappa shape index (κ3) is 5.16. The number of benzene rings is 1. The molecular weight excluding hydrogens is 388 g/mol. The van der Waals surface area contributed by atoms with Gasteiger partial charge in [-0.25, -0.2) is 18.5 Å². The molecule has 0 fully saturated rings. The van der Waals surface area contributed by atoms with Gasteiger partial charge in [-0.05, 0) is 51.8 Å². The predicted molar refractivity (Wildman–Crippen MR) is 99.1 cm³/mol. The van der Waals surface area contributed by atoms with Crippen molar-refractivity contribution in [2.24, 2.45) is 0 Å². The molecule has 0 aromatic heterocycles. The van der Waals surface area contributed by atoms with Crippen LogP contribution in [0.3, 0.4) is 0 Å². The SMILES string of the molecule is CCOC(=O)C(CCC(F)F)c1ccc2c(c1)C(=O)C(=O)N2C(=O)OC(C)(C)C. The highest BCUT2D eigenvalue weighted by molar-refractivity contribution is 6.56. The Bertz CT molecular complexity index is 831. The number of alkyl halides is 2. The second kappa shape index (κ2) is 8.67. The quantitative estimate of drug-likeness (QED) is 0.522. The Morgan fingerprint density at radius 2 is 1.79 bits per heavy atom. The minimum absolute atomic E-state index is 0.0227. The molecule has 2 amide bonds. The molecule has 1 aromatic carbocycles. The van der Waals surface area contributed by atoms with E-state index in [1.165, 1.54) is 18.2 Å². The lowest BCUT2D eigenvalue weighted by atomic mass is 9.92. The summed E-state index contributed by atoms with van der Waals surface area (Å²) in [5.41, 5.74) is -0.692. The Morgan fingerprint density at radius 1 is 1.14 bits per heavy atom. The van der Waals surface area contributed by atoms with E-state index in [9.17, 15) is 28.0 Å². The molecule has 0 N–H and O–H groups in total. The van der Waals surface area contributed by atoms with Crippen LogP contribution in [-0.4, -0.2) is 42.4 Å². The van der Waals surface area contributed by atoms with E-state index in [2.05, 4.69) is 0 Å². The van der Waals surface area contributed by atoms with Gasteiger partial charge >= 0.3 is 18.0 Å². The van der Waals surface area contributed by atoms with Crippen LogP contribution in [0, 0.1) is 0 Å². The summed E-state index contributed by atoms with van der Waals surface area (Å²) >= 11 is 0. The van der Waals surface area contributed by atoms with Gasteiger partial charge in [-0.15, -0.1) is 0 Å². The number of rotatable bonds is 6. The number of hydrogen-bond donors (Lipinski definition) is 0. The Kier molecular flexibility index (Phi) is 6.71. The van der Waals surface area contributed by atoms with Crippen molar-refractivity contribution in [3.63, 3.8) is 0 Å². The Hall–Kier alpha value is -2.84. The average Bonchev–Trinajstić information content (AvgIpc) is 2.84. The van der Waals surface area contributed by atoms with E-state index < -0.39 is 48.1 Å². The summed E-state index contributed by atoms with van der Waals surface area (Å²) in [6, 6.07) is 4.01. The standard InChI is InChI=1S/C20H23F2NO6/c1-5-28-18(26)12(7-9-15(21)22)11-6-8-14-13(10-11)16(24)17(25)23(14)19(27)29-20(2,3)4/h6,8,10,12,15H,5,7,9H2,1-4H3. The van der Waals surface area contributed by atoms with Gasteiger partial charge in [0.25, 0.3) is 5.78 Å². The number of imide groups is 1. The molecule has 1 unspecified atom stereocenters. The topological polar surface area (TPSA) is 90.0 Å². The molecule has 29 heavy (non-hydrogen) atoms. The van der Waals surface area contributed by atoms with Crippen LogP contribution in [0.4, 0.5) is 19.3 Å². The van der Waals surface area contributed by atoms with Crippen molar-refractivity contribution in [3.05, 3.63) is 29.3 Å². The zero-order valence-electron chi connectivity index (χ0n) is 16.7. The zero-order valence-corrected chi connectivity index (χ0v) is 16.7. The molecule has 158 valence electrons. The van der Waals surface area contributed by atoms with Crippen molar-refractivity contribution >= 4 is 29.4 Å². The lowest BCUT2D eigenvalue weighted by molar-refractivity contribution is -0.145. The number of ketones is 1. The molecular formula is C20H23F2NO6. The monoisotopic (exact) mass is 411 g/mol. The third-order valence-corrected chi connectivity index (χ3v) is 4.13. The van der Waals surface area contributed by atoms with E-state index in [4.69, 9.17) is 9.47 Å². The van der Waals surface area contributed by atoms with Gasteiger partial charge in [-0.2, -0.15) is 0 Å². The number of Topliss-reactive ketones (excluding diaryl/α,β-unsaturated/α-hetero) is 1. The van der Waals surface area contributed by atoms with E-state index in [1.807, 2.05) is 0 Å². The van der Waals surface area contributed by atoms with Gasteiger partial charge in [-0.3, -0.25) is 14.4 Å². The molecule has 1 heterocycles. The molecule has 0 radical (unpaired) electrons. The van der Waals surface area contributed by atoms with Crippen LogP contribution < -0.4 is 4.90 Å². The average molecular weight is 411 g/mol. The van der Waals surface area contributed by atoms with E-state index in [-0.39, 0.29) is 29.8 Å². The molecule has 0 saturated carbocycles. The number of nitrogens with zero attached hydrogens (tertiary/aromatic N) is 1. The maximum atomic E-state index is 12.7. The highest BCUT2D eigenvalue weighted by Gasteiger charge is 2.42. The van der Waals surface area contributed by atoms with Crippen LogP contribution in [-0.2, 0) is 19.1 Å². The number of carbonyl (C=O) groups excluding carboxylic acids is 4. The van der Waals surface area contributed by atoms with Crippen LogP contribution in [0.5, 0.6) is 0 Å². The number of carbonyl (C=O) groups is 4. The molecule has 7 nitrogen and oxygen atoms in total. The molecule has 1 atom stereocenters. The predicted octanol–water partition coefficient (Wildman–Crippen LogP) is 3.84. The molecule has 0 saturated heterocycles. The molecule has 1 aromatic rings. The molecule has 1 aliphatic heterocycles. The highest BCUT2D eigenvalue weighted by Crippen LogP contribution is 2.34. The summed E-state index contributed by atoms with van der Waals surface area (Å²) in [5.74, 6) is -3.74. The first kappa shape index (κ1) is 22.4. The summed E-state index contributed by atoms with van der Waals surface area (Å²) in [6.45, 7) is 6.50. The van der Waals surface area contributed by atoms with Gasteiger partial charge in [0.1, 0.15) is 5.60 Å². The Labute approximate surface area is 166 Å². The van der Waals surface area contributed by atoms with Crippen molar-refractivity contribution < 1.29 is 37.4 Å². The number of hydrogen-bond acceptors (Lipinski definition) is 6. The maximum absolute atomic E-state index is 12.7. The number of anilines is 1. The van der Waals surface area contributed by atoms with E-state index >= 15 is 0 Å². The van der Waals surface area contributed by atoms with Crippen LogP contribution in [0.25, 0.3) is 0 Å². The van der Waals surface area contributed by atoms with Gasteiger partial charge in [0.2, 0.25) is 6.43 Å². The summed E-state index contributed by atoms with van der Waals surface area (Å²) < 4.78 is 35.4. The van der Waals surface area contributed by atoms with Crippen LogP contribution in [0.15, 0.2) is 18.2 Å². The van der Waals surface area contributed by atoms with Crippen molar-refractivity contribution in [1.29, 1.82) is 0 Å². The number of ether oxygens (including phenoxy) is 2. The van der Waals surface area contributed by atoms with Crippen molar-refractivity contribution in [3.8, 4) is 0 Å². The second-order valence-corrected chi connectivity index (χ2v) is 7.50. The first-order valence-corrected chi connectivity index (χ1v) is 9.16. The van der Waals surface area contributed by atoms with Crippen molar-refractivity contribution in [1.82, 2.24) is 0 Å². The maximum Gasteiger partial charge on any atom is 0.422 e. The fraction of sp³-hybridized carbons (Fsp3) is 0.500. The van der Waals surface area contributed by atoms with Crippen LogP contribution >= 0.6 is 0 Å². The van der Waals surface area contributed by atoms with Gasteiger partial charge in [0, 0.05) is 6.42 Å². The summed E-state index contributed by atoms with van der Waals surface area (Å²) in [6.07, 6.45) is -4.32. The van der Waals surface area contributed by atoms with E-state index in [0.717, 1.165) is 0 Å². The van der Waals surface area contributed by atoms with Gasteiger partial charge in [0.05, 0.1) is 23.8 Å². The largest absolute Gasteiger partial charge is 0.466 e. The van der Waals surface area contributed by atoms with Crippen molar-refractivity contribution in [2.75, 3.05) is 11.5 Å². The number of esters is 1. The lowest BCUT2D eigenvalue weighted by Gasteiger charge is -2.23. The normalized spacial score (nSPS) is 14.8. The Morgan fingerprint density at radius 3 is 2.34 bits per heavy atom. The van der Waals surface area contributed by atoms with Crippen LogP contribution in [0.2, 0.25) is 0 Å². The van der Waals surface area contributed by atoms with Crippen molar-refractivity contribution in [2.45, 2.75) is 58.5 Å². The third-order valence-electron chi connectivity index (χ3n) is 4.13. The molecule has 9 heteroatoms. The van der Waals surface area contributed by atoms with Gasteiger partial charge < -0.3 is 9.47 Å². The van der Waals surface area contributed by atoms with Gasteiger partial charge in [0.15, 0.2) is 0 Å². The smallest absolute Gasteiger partial charge is 0.422 e. The molecule has 0 aliphatic carbocycles. The van der Waals surface area contributed by atoms with E-state index in [1.54, 1.807) is 27.7 Å². The lowest BCUT2D eigenvalue weighted by Crippen LogP contribution is -2.40. The highest BCUT2D eigenvalue weighted by atomic mass is 19.3. The first-order chi connectivity index (χ1) is 13.5. The van der Waals surface area contributed by atoms with Crippen LogP contribution in [0.1, 0.15) is 62.4 Å². The fourth-order valence-electron chi connectivity index (χ4n) is 2.92. The zero-order chi connectivity index (χ0) is 21.9. The molecule has 0 bridgehead atoms. The summed E-state index contributed by atoms with van der Waals surface area (Å²) in [4.78, 5) is 49.9. The number of amides is 2. The second-order valence-electron chi connectivity index (χ2n) is 7.50. The number of halogens is 2. The molecule has 0 spiro atoms. The number of fused-ring (bicyclic) bond motifs is 1. The molecule has 1 aliphatic rings. The first-order valence-electron chi connectivity index (χ1n) is 9.16. The minimum Gasteiger partial charge on any atom is -0.466 e. The Balaban J connectivity index is 2.40. The van der Waals surface area contributed by atoms with Gasteiger partial charge in [-0.1, -0.05) is 6.07 Å². The molecule has 2 rings (SSSR count).